The third-order valence-corrected chi connectivity index (χ3v) is 4.81. The quantitative estimate of drug-likeness (QED) is 0.616. The van der Waals surface area contributed by atoms with Gasteiger partial charge in [-0.3, -0.25) is 14.5 Å². The van der Waals surface area contributed by atoms with Crippen LogP contribution in [0.5, 0.6) is 5.75 Å². The summed E-state index contributed by atoms with van der Waals surface area (Å²) in [4.78, 5) is 27.4. The lowest BCUT2D eigenvalue weighted by molar-refractivity contribution is -0.137. The molecule has 0 N–H and O–H groups in total. The van der Waals surface area contributed by atoms with Crippen LogP contribution in [-0.2, 0) is 14.3 Å². The summed E-state index contributed by atoms with van der Waals surface area (Å²) in [6, 6.07) is 7.38. The molecular formula is C20H27NO4S. The van der Waals surface area contributed by atoms with E-state index in [9.17, 15) is 9.59 Å². The second-order valence-electron chi connectivity index (χ2n) is 6.85. The molecule has 2 rings (SSSR count). The number of ether oxygens (including phenoxy) is 2. The van der Waals surface area contributed by atoms with Crippen LogP contribution in [0.3, 0.4) is 0 Å². The standard InChI is InChI=1S/C20H27NO4S/c1-13(2)12-25-16-8-6-15(7-9-16)17-18(26-14(3)4)20(23)21(19(17)22)10-11-24-5/h6-9,13-14H,10-12H2,1-5H3. The molecule has 2 amide bonds. The predicted molar refractivity (Wildman–Crippen MR) is 105 cm³/mol. The number of nitrogens with zero attached hydrogens (tertiary/aromatic N) is 1. The monoisotopic (exact) mass is 377 g/mol. The molecule has 0 fully saturated rings. The second-order valence-corrected chi connectivity index (χ2v) is 8.44. The van der Waals surface area contributed by atoms with E-state index in [2.05, 4.69) is 13.8 Å². The zero-order valence-electron chi connectivity index (χ0n) is 16.1. The lowest BCUT2D eigenvalue weighted by Gasteiger charge is -2.14. The fourth-order valence-corrected chi connectivity index (χ4v) is 3.53. The molecule has 0 aromatic heterocycles. The molecule has 1 aliphatic heterocycles. The van der Waals surface area contributed by atoms with Gasteiger partial charge >= 0.3 is 0 Å². The smallest absolute Gasteiger partial charge is 0.268 e. The highest BCUT2D eigenvalue weighted by atomic mass is 32.2. The highest BCUT2D eigenvalue weighted by molar-refractivity contribution is 8.04. The van der Waals surface area contributed by atoms with Crippen LogP contribution >= 0.6 is 11.8 Å². The summed E-state index contributed by atoms with van der Waals surface area (Å²) in [7, 11) is 1.55. The van der Waals surface area contributed by atoms with E-state index in [1.165, 1.54) is 16.7 Å². The van der Waals surface area contributed by atoms with E-state index < -0.39 is 0 Å². The molecule has 0 saturated heterocycles. The fraction of sp³-hybridized carbons (Fsp3) is 0.500. The van der Waals surface area contributed by atoms with Gasteiger partial charge in [0.1, 0.15) is 5.75 Å². The van der Waals surface area contributed by atoms with Crippen molar-refractivity contribution in [1.29, 1.82) is 0 Å². The Labute approximate surface area is 159 Å². The first kappa shape index (κ1) is 20.5. The number of hydrogen-bond donors (Lipinski definition) is 0. The van der Waals surface area contributed by atoms with Crippen molar-refractivity contribution < 1.29 is 19.1 Å². The van der Waals surface area contributed by atoms with Gasteiger partial charge in [0.2, 0.25) is 0 Å². The minimum atomic E-state index is -0.258. The summed E-state index contributed by atoms with van der Waals surface area (Å²) in [5.74, 6) is 0.705. The topological polar surface area (TPSA) is 55.8 Å². The fourth-order valence-electron chi connectivity index (χ4n) is 2.52. The number of imide groups is 1. The Balaban J connectivity index is 2.30. The molecule has 0 bridgehead atoms. The normalized spacial score (nSPS) is 15.0. The molecular weight excluding hydrogens is 350 g/mol. The number of carbonyl (C=O) groups is 2. The molecule has 0 aliphatic carbocycles. The van der Waals surface area contributed by atoms with Crippen molar-refractivity contribution in [3.05, 3.63) is 34.7 Å². The molecule has 0 saturated carbocycles. The van der Waals surface area contributed by atoms with Gasteiger partial charge in [0.15, 0.2) is 0 Å². The summed E-state index contributed by atoms with van der Waals surface area (Å²) in [5, 5.41) is 0.202. The lowest BCUT2D eigenvalue weighted by atomic mass is 10.1. The zero-order valence-corrected chi connectivity index (χ0v) is 16.9. The van der Waals surface area contributed by atoms with Gasteiger partial charge in [-0.2, -0.15) is 0 Å². The molecule has 1 heterocycles. The van der Waals surface area contributed by atoms with Gasteiger partial charge in [-0.15, -0.1) is 11.8 Å². The van der Waals surface area contributed by atoms with Gasteiger partial charge in [0.25, 0.3) is 11.8 Å². The van der Waals surface area contributed by atoms with Crippen LogP contribution in [0.1, 0.15) is 33.3 Å². The number of rotatable bonds is 9. The van der Waals surface area contributed by atoms with Crippen molar-refractivity contribution >= 4 is 29.1 Å². The largest absolute Gasteiger partial charge is 0.493 e. The van der Waals surface area contributed by atoms with Crippen LogP contribution in [0, 0.1) is 5.92 Å². The maximum atomic E-state index is 12.9. The molecule has 26 heavy (non-hydrogen) atoms. The van der Waals surface area contributed by atoms with Gasteiger partial charge in [0, 0.05) is 12.4 Å². The zero-order chi connectivity index (χ0) is 19.3. The van der Waals surface area contributed by atoms with Crippen LogP contribution < -0.4 is 4.74 Å². The Kier molecular flexibility index (Phi) is 7.29. The lowest BCUT2D eigenvalue weighted by Crippen LogP contribution is -2.34. The molecule has 5 nitrogen and oxygen atoms in total. The van der Waals surface area contributed by atoms with E-state index in [0.717, 1.165) is 11.3 Å². The maximum Gasteiger partial charge on any atom is 0.268 e. The summed E-state index contributed by atoms with van der Waals surface area (Å²) < 4.78 is 10.7. The first-order chi connectivity index (χ1) is 12.3. The summed E-state index contributed by atoms with van der Waals surface area (Å²) in [6.07, 6.45) is 0. The van der Waals surface area contributed by atoms with Crippen LogP contribution in [0.2, 0.25) is 0 Å². The number of thioether (sulfide) groups is 1. The number of carbonyl (C=O) groups excluding carboxylic acids is 2. The van der Waals surface area contributed by atoms with E-state index in [0.29, 0.717) is 29.6 Å². The van der Waals surface area contributed by atoms with E-state index in [1.54, 1.807) is 7.11 Å². The van der Waals surface area contributed by atoms with E-state index in [1.807, 2.05) is 38.1 Å². The Morgan fingerprint density at radius 2 is 1.69 bits per heavy atom. The van der Waals surface area contributed by atoms with Gasteiger partial charge in [-0.1, -0.05) is 39.8 Å². The summed E-state index contributed by atoms with van der Waals surface area (Å²) >= 11 is 1.43. The minimum absolute atomic E-state index is 0.202. The molecule has 1 aliphatic rings. The van der Waals surface area contributed by atoms with Gasteiger partial charge in [-0.05, 0) is 23.6 Å². The van der Waals surface area contributed by atoms with Crippen LogP contribution in [0.25, 0.3) is 5.57 Å². The minimum Gasteiger partial charge on any atom is -0.493 e. The summed E-state index contributed by atoms with van der Waals surface area (Å²) in [5.41, 5.74) is 1.21. The number of amides is 2. The molecule has 0 radical (unpaired) electrons. The molecule has 1 aromatic rings. The van der Waals surface area contributed by atoms with Gasteiger partial charge in [-0.25, -0.2) is 0 Å². The van der Waals surface area contributed by atoms with Gasteiger partial charge < -0.3 is 9.47 Å². The van der Waals surface area contributed by atoms with Crippen LogP contribution in [-0.4, -0.2) is 48.8 Å². The van der Waals surface area contributed by atoms with Gasteiger partial charge in [0.05, 0.1) is 30.2 Å². The van der Waals surface area contributed by atoms with Crippen LogP contribution in [0.4, 0.5) is 0 Å². The Bertz CT molecular complexity index is 680. The number of benzene rings is 1. The van der Waals surface area contributed by atoms with Crippen molar-refractivity contribution in [3.8, 4) is 5.75 Å². The van der Waals surface area contributed by atoms with E-state index in [-0.39, 0.29) is 23.6 Å². The van der Waals surface area contributed by atoms with Crippen molar-refractivity contribution in [2.75, 3.05) is 26.9 Å². The molecule has 0 atom stereocenters. The molecule has 1 aromatic carbocycles. The molecule has 0 unspecified atom stereocenters. The molecule has 6 heteroatoms. The maximum absolute atomic E-state index is 12.9. The van der Waals surface area contributed by atoms with E-state index in [4.69, 9.17) is 9.47 Å². The third kappa shape index (κ3) is 4.89. The number of methoxy groups -OCH3 is 1. The van der Waals surface area contributed by atoms with Crippen LogP contribution in [0.15, 0.2) is 29.2 Å². The van der Waals surface area contributed by atoms with Crippen molar-refractivity contribution in [2.24, 2.45) is 5.92 Å². The predicted octanol–water partition coefficient (Wildman–Crippen LogP) is 3.59. The summed E-state index contributed by atoms with van der Waals surface area (Å²) in [6.45, 7) is 9.42. The van der Waals surface area contributed by atoms with Crippen molar-refractivity contribution in [3.63, 3.8) is 0 Å². The van der Waals surface area contributed by atoms with Crippen molar-refractivity contribution in [1.82, 2.24) is 4.90 Å². The van der Waals surface area contributed by atoms with E-state index >= 15 is 0 Å². The first-order valence-corrected chi connectivity index (χ1v) is 9.72. The third-order valence-electron chi connectivity index (χ3n) is 3.72. The SMILES string of the molecule is COCCN1C(=O)C(SC(C)C)=C(c2ccc(OCC(C)C)cc2)C1=O. The Morgan fingerprint density at radius 1 is 1.04 bits per heavy atom. The average Bonchev–Trinajstić information content (AvgIpc) is 2.81. The Hall–Kier alpha value is -1.79. The first-order valence-electron chi connectivity index (χ1n) is 8.84. The second kappa shape index (κ2) is 9.24. The Morgan fingerprint density at radius 3 is 2.23 bits per heavy atom. The average molecular weight is 378 g/mol. The molecule has 142 valence electrons. The van der Waals surface area contributed by atoms with Crippen molar-refractivity contribution in [2.45, 2.75) is 32.9 Å². The number of hydrogen-bond acceptors (Lipinski definition) is 5. The highest BCUT2D eigenvalue weighted by Crippen LogP contribution is 2.38. The molecule has 0 spiro atoms. The highest BCUT2D eigenvalue weighted by Gasteiger charge is 2.39.